The van der Waals surface area contributed by atoms with Crippen LogP contribution in [0.5, 0.6) is 0 Å². The second-order valence-corrected chi connectivity index (χ2v) is 8.18. The Bertz CT molecular complexity index is 858. The molecule has 33 heavy (non-hydrogen) atoms. The van der Waals surface area contributed by atoms with Crippen LogP contribution in [0, 0.1) is 0 Å². The van der Waals surface area contributed by atoms with Crippen LogP contribution in [0.2, 0.25) is 0 Å². The lowest BCUT2D eigenvalue weighted by molar-refractivity contribution is 0.560. The van der Waals surface area contributed by atoms with E-state index in [1.807, 2.05) is 42.5 Å². The third-order valence-electron chi connectivity index (χ3n) is 5.37. The van der Waals surface area contributed by atoms with E-state index in [-0.39, 0.29) is 0 Å². The van der Waals surface area contributed by atoms with Gasteiger partial charge in [-0.25, -0.2) is 0 Å². The molecule has 4 N–H and O–H groups in total. The summed E-state index contributed by atoms with van der Waals surface area (Å²) in [6.45, 7) is 8.09. The van der Waals surface area contributed by atoms with Crippen molar-refractivity contribution in [2.75, 3.05) is 45.8 Å². The molecule has 2 aromatic rings. The van der Waals surface area contributed by atoms with E-state index >= 15 is 0 Å². The first-order valence-corrected chi connectivity index (χ1v) is 12.1. The van der Waals surface area contributed by atoms with E-state index in [0.717, 1.165) is 83.0 Å². The zero-order valence-corrected chi connectivity index (χ0v) is 19.6. The molecule has 0 bridgehead atoms. The predicted molar refractivity (Wildman–Crippen MR) is 138 cm³/mol. The normalized spacial score (nSPS) is 13.2. The smallest absolute Gasteiger partial charge is 0.0857 e. The molecule has 3 rings (SSSR count). The maximum Gasteiger partial charge on any atom is 0.0857 e. The third kappa shape index (κ3) is 11.2. The molecule has 0 aliphatic heterocycles. The minimum Gasteiger partial charge on any atom is -0.315 e. The minimum absolute atomic E-state index is 0.867. The van der Waals surface area contributed by atoms with E-state index in [1.54, 1.807) is 0 Å². The summed E-state index contributed by atoms with van der Waals surface area (Å²) in [5.41, 5.74) is 4.42. The van der Waals surface area contributed by atoms with Gasteiger partial charge in [-0.2, -0.15) is 10.2 Å². The van der Waals surface area contributed by atoms with E-state index in [4.69, 9.17) is 0 Å². The van der Waals surface area contributed by atoms with Crippen LogP contribution in [0.15, 0.2) is 88.6 Å². The molecule has 0 unspecified atom stereocenters. The second kappa shape index (κ2) is 16.0. The van der Waals surface area contributed by atoms with Crippen molar-refractivity contribution in [2.45, 2.75) is 25.8 Å². The highest BCUT2D eigenvalue weighted by Crippen LogP contribution is 2.18. The first-order valence-electron chi connectivity index (χ1n) is 12.1. The molecule has 0 spiro atoms. The average Bonchev–Trinajstić information content (AvgIpc) is 3.38. The Morgan fingerprint density at radius 3 is 1.85 bits per heavy atom. The Morgan fingerprint density at radius 1 is 0.606 bits per heavy atom. The van der Waals surface area contributed by atoms with Crippen molar-refractivity contribution in [3.05, 3.63) is 84.0 Å². The standard InChI is InChI=1S/C27H38N6/c1-2-10-26(11-3-1)32-33-27-14-12-25(13-15-27)23-31-19-7-17-29-21-20-28-16-6-18-30-22-24-8-4-5-9-24/h1-4,8-15,28-31H,5-7,16-23H2. The highest BCUT2D eigenvalue weighted by atomic mass is 15.1. The van der Waals surface area contributed by atoms with Crippen LogP contribution in [0.25, 0.3) is 0 Å². The molecule has 6 nitrogen and oxygen atoms in total. The van der Waals surface area contributed by atoms with Crippen LogP contribution >= 0.6 is 0 Å². The first kappa shape index (κ1) is 25.0. The van der Waals surface area contributed by atoms with Crippen molar-refractivity contribution in [2.24, 2.45) is 10.2 Å². The van der Waals surface area contributed by atoms with Gasteiger partial charge in [-0.15, -0.1) is 0 Å². The summed E-state index contributed by atoms with van der Waals surface area (Å²) in [6.07, 6.45) is 10.1. The van der Waals surface area contributed by atoms with Crippen LogP contribution in [0.3, 0.4) is 0 Å². The summed E-state index contributed by atoms with van der Waals surface area (Å²) < 4.78 is 0. The molecule has 0 heterocycles. The monoisotopic (exact) mass is 446 g/mol. The van der Waals surface area contributed by atoms with Crippen molar-refractivity contribution >= 4 is 11.4 Å². The lowest BCUT2D eigenvalue weighted by Gasteiger charge is -2.08. The Balaban J connectivity index is 1.10. The number of azo groups is 1. The van der Waals surface area contributed by atoms with Gasteiger partial charge in [0.1, 0.15) is 0 Å². The predicted octanol–water partition coefficient (Wildman–Crippen LogP) is 4.63. The van der Waals surface area contributed by atoms with Gasteiger partial charge >= 0.3 is 0 Å². The van der Waals surface area contributed by atoms with E-state index in [1.165, 1.54) is 11.1 Å². The molecule has 0 radical (unpaired) electrons. The number of allylic oxidation sites excluding steroid dienone is 2. The lowest BCUT2D eigenvalue weighted by atomic mass is 10.2. The van der Waals surface area contributed by atoms with Crippen molar-refractivity contribution in [3.63, 3.8) is 0 Å². The van der Waals surface area contributed by atoms with Crippen LogP contribution in [0.4, 0.5) is 11.4 Å². The van der Waals surface area contributed by atoms with Gasteiger partial charge in [-0.05, 0) is 80.8 Å². The van der Waals surface area contributed by atoms with Crippen molar-refractivity contribution in [1.29, 1.82) is 0 Å². The van der Waals surface area contributed by atoms with Crippen LogP contribution < -0.4 is 21.3 Å². The maximum atomic E-state index is 4.29. The summed E-state index contributed by atoms with van der Waals surface area (Å²) in [5.74, 6) is 0. The molecule has 1 aliphatic rings. The number of rotatable bonds is 17. The molecule has 0 atom stereocenters. The van der Waals surface area contributed by atoms with Crippen molar-refractivity contribution in [1.82, 2.24) is 21.3 Å². The fourth-order valence-corrected chi connectivity index (χ4v) is 3.50. The highest BCUT2D eigenvalue weighted by Gasteiger charge is 1.97. The van der Waals surface area contributed by atoms with E-state index in [0.29, 0.717) is 0 Å². The van der Waals surface area contributed by atoms with Gasteiger partial charge in [0.2, 0.25) is 0 Å². The summed E-state index contributed by atoms with van der Waals surface area (Å²) in [6, 6.07) is 18.0. The quantitative estimate of drug-likeness (QED) is 0.211. The number of hydrogen-bond acceptors (Lipinski definition) is 6. The fourth-order valence-electron chi connectivity index (χ4n) is 3.50. The number of hydrogen-bond donors (Lipinski definition) is 4. The largest absolute Gasteiger partial charge is 0.315 e. The van der Waals surface area contributed by atoms with E-state index in [9.17, 15) is 0 Å². The summed E-state index contributed by atoms with van der Waals surface area (Å²) >= 11 is 0. The van der Waals surface area contributed by atoms with E-state index < -0.39 is 0 Å². The van der Waals surface area contributed by atoms with E-state index in [2.05, 4.69) is 61.9 Å². The van der Waals surface area contributed by atoms with Gasteiger partial charge in [0.15, 0.2) is 0 Å². The molecular weight excluding hydrogens is 408 g/mol. The molecule has 0 saturated heterocycles. The maximum absolute atomic E-state index is 4.29. The second-order valence-electron chi connectivity index (χ2n) is 8.18. The Kier molecular flexibility index (Phi) is 12.2. The molecular formula is C27H38N6. The average molecular weight is 447 g/mol. The number of nitrogens with one attached hydrogen (secondary N) is 4. The molecule has 2 aromatic carbocycles. The molecule has 0 aromatic heterocycles. The Labute approximate surface area is 198 Å². The molecule has 6 heteroatoms. The summed E-state index contributed by atoms with van der Waals surface area (Å²) in [5, 5.41) is 22.5. The zero-order chi connectivity index (χ0) is 22.8. The highest BCUT2D eigenvalue weighted by molar-refractivity contribution is 5.40. The van der Waals surface area contributed by atoms with Crippen molar-refractivity contribution < 1.29 is 0 Å². The van der Waals surface area contributed by atoms with Gasteiger partial charge in [0.25, 0.3) is 0 Å². The summed E-state index contributed by atoms with van der Waals surface area (Å²) in [7, 11) is 0. The molecule has 1 aliphatic carbocycles. The zero-order valence-electron chi connectivity index (χ0n) is 19.6. The third-order valence-corrected chi connectivity index (χ3v) is 5.37. The van der Waals surface area contributed by atoms with Crippen LogP contribution in [-0.2, 0) is 6.54 Å². The molecule has 176 valence electrons. The SMILES string of the molecule is C1=CC(CNCCCNCCNCCCNCc2ccc(N=Nc3ccccc3)cc2)=CC1. The summed E-state index contributed by atoms with van der Waals surface area (Å²) in [4.78, 5) is 0. The lowest BCUT2D eigenvalue weighted by Crippen LogP contribution is -2.31. The minimum atomic E-state index is 0.867. The topological polar surface area (TPSA) is 72.8 Å². The fraction of sp³-hybridized carbons (Fsp3) is 0.407. The Hall–Kier alpha value is -2.64. The van der Waals surface area contributed by atoms with Crippen LogP contribution in [-0.4, -0.2) is 45.8 Å². The number of nitrogens with zero attached hydrogens (tertiary/aromatic N) is 2. The molecule has 0 saturated carbocycles. The molecule has 0 amide bonds. The van der Waals surface area contributed by atoms with Gasteiger partial charge < -0.3 is 21.3 Å². The van der Waals surface area contributed by atoms with Gasteiger partial charge in [-0.3, -0.25) is 0 Å². The van der Waals surface area contributed by atoms with Crippen molar-refractivity contribution in [3.8, 4) is 0 Å². The molecule has 0 fully saturated rings. The Morgan fingerprint density at radius 2 is 1.21 bits per heavy atom. The van der Waals surface area contributed by atoms with Gasteiger partial charge in [-0.1, -0.05) is 48.6 Å². The first-order chi connectivity index (χ1) is 16.4. The van der Waals surface area contributed by atoms with Crippen LogP contribution in [0.1, 0.15) is 24.8 Å². The number of benzene rings is 2. The van der Waals surface area contributed by atoms with Gasteiger partial charge in [0.05, 0.1) is 11.4 Å². The van der Waals surface area contributed by atoms with Gasteiger partial charge in [0, 0.05) is 26.2 Å².